The molecule has 1 aliphatic rings. The van der Waals surface area contributed by atoms with Crippen molar-refractivity contribution in [1.82, 2.24) is 0 Å². The Morgan fingerprint density at radius 3 is 2.45 bits per heavy atom. The molecule has 20 heavy (non-hydrogen) atoms. The van der Waals surface area contributed by atoms with Gasteiger partial charge in [-0.05, 0) is 18.9 Å². The number of carbonyl (C=O) groups excluding carboxylic acids is 2. The molecule has 114 valence electrons. The van der Waals surface area contributed by atoms with E-state index in [0.717, 1.165) is 6.04 Å². The highest BCUT2D eigenvalue weighted by Gasteiger charge is 2.51. The third-order valence-corrected chi connectivity index (χ3v) is 5.93. The smallest absolute Gasteiger partial charge is 0.350 e. The van der Waals surface area contributed by atoms with E-state index in [4.69, 9.17) is 9.47 Å². The molecule has 0 aliphatic carbocycles. The predicted octanol–water partition coefficient (Wildman–Crippen LogP) is 3.01. The van der Waals surface area contributed by atoms with Gasteiger partial charge >= 0.3 is 11.9 Å². The first-order chi connectivity index (χ1) is 8.99. The molecule has 0 N–H and O–H groups in total. The Labute approximate surface area is 122 Å². The van der Waals surface area contributed by atoms with E-state index in [2.05, 4.69) is 26.2 Å². The maximum absolute atomic E-state index is 12.3. The van der Waals surface area contributed by atoms with E-state index < -0.39 is 25.6 Å². The largest absolute Gasteiger partial charge is 0.463 e. The summed E-state index contributed by atoms with van der Waals surface area (Å²) in [5, 5.41) is 0. The number of carbonyl (C=O) groups is 2. The van der Waals surface area contributed by atoms with Crippen molar-refractivity contribution in [2.75, 3.05) is 6.61 Å². The highest BCUT2D eigenvalue weighted by molar-refractivity contribution is 6.76. The second kappa shape index (κ2) is 5.72. The zero-order valence-electron chi connectivity index (χ0n) is 13.4. The van der Waals surface area contributed by atoms with E-state index in [1.807, 2.05) is 13.8 Å². The zero-order valence-corrected chi connectivity index (χ0v) is 14.4. The fraction of sp³-hybridized carbons (Fsp3) is 0.733. The van der Waals surface area contributed by atoms with E-state index in [1.165, 1.54) is 0 Å². The molecule has 1 fully saturated rings. The van der Waals surface area contributed by atoms with Crippen LogP contribution >= 0.6 is 0 Å². The predicted molar refractivity (Wildman–Crippen MR) is 81.1 cm³/mol. The Balaban J connectivity index is 2.74. The van der Waals surface area contributed by atoms with Gasteiger partial charge in [0.25, 0.3) is 0 Å². The van der Waals surface area contributed by atoms with Gasteiger partial charge in [-0.2, -0.15) is 0 Å². The van der Waals surface area contributed by atoms with Crippen LogP contribution in [-0.4, -0.2) is 32.2 Å². The number of cyclic esters (lactones) is 1. The van der Waals surface area contributed by atoms with Gasteiger partial charge < -0.3 is 9.47 Å². The number of hydrogen-bond donors (Lipinski definition) is 0. The summed E-state index contributed by atoms with van der Waals surface area (Å²) in [6, 6.07) is 0.902. The summed E-state index contributed by atoms with van der Waals surface area (Å²) in [6.07, 6.45) is 0. The lowest BCUT2D eigenvalue weighted by molar-refractivity contribution is -0.191. The van der Waals surface area contributed by atoms with Gasteiger partial charge in [0, 0.05) is 19.6 Å². The quantitative estimate of drug-likeness (QED) is 0.455. The van der Waals surface area contributed by atoms with E-state index in [9.17, 15) is 9.59 Å². The normalized spacial score (nSPS) is 30.9. The molecule has 1 aliphatic heterocycles. The molecule has 0 radical (unpaired) electrons. The highest BCUT2D eigenvalue weighted by Crippen LogP contribution is 2.38. The van der Waals surface area contributed by atoms with E-state index in [-0.39, 0.29) is 11.8 Å². The molecule has 0 unspecified atom stereocenters. The molecule has 0 spiro atoms. The standard InChI is InChI=1S/C15H26O4Si/c1-10-11(2)13(16)19-15(4,12(10)3)14(17)18-8-9-20(5,6)7/h10,12H,2,8-9H2,1,3-7H3/t10-,12+,15+/m0/s1. The number of ether oxygens (including phenoxy) is 2. The van der Waals surface area contributed by atoms with Crippen LogP contribution in [0.4, 0.5) is 0 Å². The van der Waals surface area contributed by atoms with Gasteiger partial charge in [0.1, 0.15) is 0 Å². The highest BCUT2D eigenvalue weighted by atomic mass is 28.3. The second-order valence-electron chi connectivity index (χ2n) is 7.05. The lowest BCUT2D eigenvalue weighted by Gasteiger charge is -2.41. The van der Waals surface area contributed by atoms with Gasteiger partial charge in [-0.1, -0.05) is 40.1 Å². The van der Waals surface area contributed by atoms with Crippen LogP contribution in [0.15, 0.2) is 12.2 Å². The molecule has 4 nitrogen and oxygen atoms in total. The molecule has 1 rings (SSSR count). The second-order valence-corrected chi connectivity index (χ2v) is 12.7. The Bertz CT molecular complexity index is 424. The van der Waals surface area contributed by atoms with Crippen LogP contribution in [-0.2, 0) is 19.1 Å². The van der Waals surface area contributed by atoms with Crippen molar-refractivity contribution in [2.24, 2.45) is 11.8 Å². The van der Waals surface area contributed by atoms with Crippen molar-refractivity contribution >= 4 is 20.0 Å². The molecule has 0 aromatic rings. The summed E-state index contributed by atoms with van der Waals surface area (Å²) in [4.78, 5) is 24.1. The Kier molecular flexibility index (Phi) is 4.84. The molecule has 0 saturated carbocycles. The molecule has 1 heterocycles. The summed E-state index contributed by atoms with van der Waals surface area (Å²) in [7, 11) is -1.25. The van der Waals surface area contributed by atoms with Crippen LogP contribution in [0.5, 0.6) is 0 Å². The molecule has 0 aromatic heterocycles. The Morgan fingerprint density at radius 2 is 1.95 bits per heavy atom. The van der Waals surface area contributed by atoms with Gasteiger partial charge in [0.15, 0.2) is 0 Å². The minimum absolute atomic E-state index is 0.0919. The van der Waals surface area contributed by atoms with Crippen molar-refractivity contribution in [1.29, 1.82) is 0 Å². The number of esters is 2. The molecule has 0 amide bonds. The molecule has 0 aromatic carbocycles. The van der Waals surface area contributed by atoms with Crippen LogP contribution in [0.25, 0.3) is 0 Å². The topological polar surface area (TPSA) is 52.6 Å². The third-order valence-electron chi connectivity index (χ3n) is 4.23. The monoisotopic (exact) mass is 298 g/mol. The fourth-order valence-corrected chi connectivity index (χ4v) is 2.85. The van der Waals surface area contributed by atoms with Crippen LogP contribution in [0.2, 0.25) is 25.7 Å². The summed E-state index contributed by atoms with van der Waals surface area (Å²) < 4.78 is 10.7. The molecular formula is C15H26O4Si. The molecule has 0 bridgehead atoms. The summed E-state index contributed by atoms with van der Waals surface area (Å²) in [6.45, 7) is 16.2. The van der Waals surface area contributed by atoms with Gasteiger partial charge in [0.05, 0.1) is 6.61 Å². The summed E-state index contributed by atoms with van der Waals surface area (Å²) >= 11 is 0. The van der Waals surface area contributed by atoms with E-state index >= 15 is 0 Å². The maximum Gasteiger partial charge on any atom is 0.350 e. The summed E-state index contributed by atoms with van der Waals surface area (Å²) in [5.74, 6) is -1.19. The molecule has 5 heteroatoms. The van der Waals surface area contributed by atoms with Crippen molar-refractivity contribution in [3.8, 4) is 0 Å². The number of hydrogen-bond acceptors (Lipinski definition) is 4. The lowest BCUT2D eigenvalue weighted by Crippen LogP contribution is -2.53. The Morgan fingerprint density at radius 1 is 1.40 bits per heavy atom. The Hall–Kier alpha value is -1.10. The molecular weight excluding hydrogens is 272 g/mol. The van der Waals surface area contributed by atoms with Gasteiger partial charge in [0.2, 0.25) is 5.60 Å². The van der Waals surface area contributed by atoms with Crippen molar-refractivity contribution < 1.29 is 19.1 Å². The van der Waals surface area contributed by atoms with Crippen molar-refractivity contribution in [2.45, 2.75) is 52.1 Å². The van der Waals surface area contributed by atoms with Crippen LogP contribution < -0.4 is 0 Å². The third kappa shape index (κ3) is 3.51. The van der Waals surface area contributed by atoms with Crippen LogP contribution in [0.1, 0.15) is 20.8 Å². The first-order valence-electron chi connectivity index (χ1n) is 7.08. The summed E-state index contributed by atoms with van der Waals surface area (Å²) in [5.41, 5.74) is -0.790. The van der Waals surface area contributed by atoms with Crippen molar-refractivity contribution in [3.05, 3.63) is 12.2 Å². The average molecular weight is 298 g/mol. The van der Waals surface area contributed by atoms with E-state index in [0.29, 0.717) is 12.2 Å². The fourth-order valence-electron chi connectivity index (χ4n) is 2.14. The van der Waals surface area contributed by atoms with Crippen LogP contribution in [0, 0.1) is 11.8 Å². The minimum Gasteiger partial charge on any atom is -0.463 e. The van der Waals surface area contributed by atoms with Crippen molar-refractivity contribution in [3.63, 3.8) is 0 Å². The minimum atomic E-state index is -1.25. The first-order valence-corrected chi connectivity index (χ1v) is 10.8. The van der Waals surface area contributed by atoms with E-state index in [1.54, 1.807) is 6.92 Å². The average Bonchev–Trinajstić information content (AvgIpc) is 2.32. The molecule has 3 atom stereocenters. The SMILES string of the molecule is C=C1C(=O)O[C@@](C)(C(=O)OCC[Si](C)(C)C)[C@H](C)[C@H]1C. The van der Waals surface area contributed by atoms with Crippen LogP contribution in [0.3, 0.4) is 0 Å². The van der Waals surface area contributed by atoms with Gasteiger partial charge in [-0.25, -0.2) is 9.59 Å². The maximum atomic E-state index is 12.3. The molecule has 1 saturated heterocycles. The number of rotatable bonds is 4. The van der Waals surface area contributed by atoms with Gasteiger partial charge in [-0.15, -0.1) is 0 Å². The zero-order chi connectivity index (χ0) is 15.7. The first kappa shape index (κ1) is 16.9. The lowest BCUT2D eigenvalue weighted by atomic mass is 9.75. The van der Waals surface area contributed by atoms with Gasteiger partial charge in [-0.3, -0.25) is 0 Å².